The minimum atomic E-state index is -0.217. The van der Waals surface area contributed by atoms with Gasteiger partial charge in [0.05, 0.1) is 0 Å². The smallest absolute Gasteiger partial charge is 0.226 e. The molecule has 0 atom stereocenters. The van der Waals surface area contributed by atoms with Gasteiger partial charge in [-0.1, -0.05) is 11.6 Å². The molecule has 4 nitrogen and oxygen atoms in total. The van der Waals surface area contributed by atoms with E-state index >= 15 is 0 Å². The number of amides is 1. The summed E-state index contributed by atoms with van der Waals surface area (Å²) in [5, 5.41) is 2.67. The third kappa shape index (κ3) is 3.04. The third-order valence-corrected chi connectivity index (χ3v) is 1.68. The van der Waals surface area contributed by atoms with Crippen LogP contribution in [0, 0.1) is 12.3 Å². The van der Waals surface area contributed by atoms with Crippen LogP contribution in [0.4, 0.5) is 5.82 Å². The molecule has 0 spiro atoms. The van der Waals surface area contributed by atoms with Crippen molar-refractivity contribution in [1.82, 2.24) is 9.97 Å². The van der Waals surface area contributed by atoms with E-state index in [2.05, 4.69) is 21.2 Å². The van der Waals surface area contributed by atoms with Crippen LogP contribution in [0.1, 0.15) is 12.8 Å². The Labute approximate surface area is 86.7 Å². The molecule has 1 amide bonds. The molecule has 0 aliphatic rings. The molecule has 0 unspecified atom stereocenters. The number of carbonyl (C=O) groups excluding carboxylic acids is 1. The number of rotatable bonds is 3. The number of hydrogen-bond donors (Lipinski definition) is 1. The summed E-state index contributed by atoms with van der Waals surface area (Å²) in [6, 6.07) is 0. The van der Waals surface area contributed by atoms with Gasteiger partial charge in [-0.15, -0.1) is 12.3 Å². The summed E-state index contributed by atoms with van der Waals surface area (Å²) in [6.07, 6.45) is 8.55. The lowest BCUT2D eigenvalue weighted by Crippen LogP contribution is -2.12. The van der Waals surface area contributed by atoms with Crippen LogP contribution in [0.25, 0.3) is 0 Å². The molecule has 1 aromatic heterocycles. The molecule has 0 aliphatic heterocycles. The molecule has 0 radical (unpaired) electrons. The lowest BCUT2D eigenvalue weighted by molar-refractivity contribution is -0.116. The van der Waals surface area contributed by atoms with Crippen LogP contribution in [0.5, 0.6) is 0 Å². The average molecular weight is 210 g/mol. The van der Waals surface area contributed by atoms with Crippen molar-refractivity contribution in [3.63, 3.8) is 0 Å². The maximum atomic E-state index is 11.2. The van der Waals surface area contributed by atoms with Gasteiger partial charge in [-0.05, 0) is 0 Å². The van der Waals surface area contributed by atoms with E-state index in [0.717, 1.165) is 0 Å². The summed E-state index contributed by atoms with van der Waals surface area (Å²) in [6.45, 7) is 0. The van der Waals surface area contributed by atoms with Crippen molar-refractivity contribution in [3.8, 4) is 12.3 Å². The number of anilines is 1. The molecule has 0 fully saturated rings. The van der Waals surface area contributed by atoms with Crippen molar-refractivity contribution in [2.45, 2.75) is 12.8 Å². The highest BCUT2D eigenvalue weighted by molar-refractivity contribution is 6.32. The van der Waals surface area contributed by atoms with E-state index in [9.17, 15) is 4.79 Å². The summed E-state index contributed by atoms with van der Waals surface area (Å²) < 4.78 is 0. The van der Waals surface area contributed by atoms with E-state index in [1.54, 1.807) is 0 Å². The zero-order valence-corrected chi connectivity index (χ0v) is 8.08. The Morgan fingerprint density at radius 3 is 2.93 bits per heavy atom. The van der Waals surface area contributed by atoms with E-state index in [1.165, 1.54) is 12.4 Å². The number of terminal acetylenes is 1. The second kappa shape index (κ2) is 5.20. The minimum absolute atomic E-state index is 0.168. The van der Waals surface area contributed by atoms with Gasteiger partial charge >= 0.3 is 0 Å². The summed E-state index contributed by atoms with van der Waals surface area (Å²) in [7, 11) is 0. The summed E-state index contributed by atoms with van der Waals surface area (Å²) in [4.78, 5) is 18.8. The lowest BCUT2D eigenvalue weighted by Gasteiger charge is -2.02. The number of nitrogens with one attached hydrogen (secondary N) is 1. The molecule has 72 valence electrons. The largest absolute Gasteiger partial charge is 0.308 e. The second-order valence-corrected chi connectivity index (χ2v) is 2.81. The molecule has 5 heteroatoms. The topological polar surface area (TPSA) is 54.9 Å². The van der Waals surface area contributed by atoms with Crippen LogP contribution in [-0.4, -0.2) is 15.9 Å². The average Bonchev–Trinajstić information content (AvgIpc) is 2.18. The van der Waals surface area contributed by atoms with Gasteiger partial charge in [-0.2, -0.15) is 0 Å². The van der Waals surface area contributed by atoms with Crippen molar-refractivity contribution in [3.05, 3.63) is 17.5 Å². The highest BCUT2D eigenvalue weighted by Crippen LogP contribution is 2.14. The summed E-state index contributed by atoms with van der Waals surface area (Å²) >= 11 is 5.67. The Morgan fingerprint density at radius 2 is 2.29 bits per heavy atom. The van der Waals surface area contributed by atoms with Crippen LogP contribution in [0.15, 0.2) is 12.4 Å². The molecular formula is C9H8ClN3O. The molecule has 0 aliphatic carbocycles. The quantitative estimate of drug-likeness (QED) is 0.768. The van der Waals surface area contributed by atoms with Crippen molar-refractivity contribution in [2.24, 2.45) is 0 Å². The molecular weight excluding hydrogens is 202 g/mol. The number of nitrogens with zero attached hydrogens (tertiary/aromatic N) is 2. The normalized spacial score (nSPS) is 9.14. The monoisotopic (exact) mass is 209 g/mol. The standard InChI is InChI=1S/C9H8ClN3O/c1-2-3-4-7(14)13-9-8(10)11-5-6-12-9/h1,5-6H,3-4H2,(H,12,13,14). The molecule has 1 rings (SSSR count). The maximum Gasteiger partial charge on any atom is 0.226 e. The number of hydrogen-bond acceptors (Lipinski definition) is 3. The Bertz CT molecular complexity index is 373. The van der Waals surface area contributed by atoms with Crippen LogP contribution in [-0.2, 0) is 4.79 Å². The Hall–Kier alpha value is -1.60. The fourth-order valence-electron chi connectivity index (χ4n) is 0.785. The number of carbonyl (C=O) groups is 1. The molecule has 1 aromatic rings. The molecule has 0 bridgehead atoms. The van der Waals surface area contributed by atoms with Crippen molar-refractivity contribution >= 4 is 23.3 Å². The van der Waals surface area contributed by atoms with E-state index in [4.69, 9.17) is 18.0 Å². The van der Waals surface area contributed by atoms with Crippen molar-refractivity contribution in [1.29, 1.82) is 0 Å². The van der Waals surface area contributed by atoms with Gasteiger partial charge in [0.2, 0.25) is 5.91 Å². The van der Waals surface area contributed by atoms with E-state index in [-0.39, 0.29) is 23.3 Å². The van der Waals surface area contributed by atoms with Crippen molar-refractivity contribution in [2.75, 3.05) is 5.32 Å². The molecule has 1 heterocycles. The third-order valence-electron chi connectivity index (χ3n) is 1.41. The van der Waals surface area contributed by atoms with Gasteiger partial charge in [0.1, 0.15) is 0 Å². The molecule has 14 heavy (non-hydrogen) atoms. The number of aromatic nitrogens is 2. The Morgan fingerprint density at radius 1 is 1.57 bits per heavy atom. The maximum absolute atomic E-state index is 11.2. The van der Waals surface area contributed by atoms with Gasteiger partial charge in [-0.3, -0.25) is 4.79 Å². The lowest BCUT2D eigenvalue weighted by atomic mass is 10.3. The van der Waals surface area contributed by atoms with E-state index in [0.29, 0.717) is 6.42 Å². The molecule has 0 saturated heterocycles. The van der Waals surface area contributed by atoms with Gasteiger partial charge in [0.15, 0.2) is 11.0 Å². The van der Waals surface area contributed by atoms with Crippen LogP contribution < -0.4 is 5.32 Å². The van der Waals surface area contributed by atoms with Gasteiger partial charge in [-0.25, -0.2) is 9.97 Å². The highest BCUT2D eigenvalue weighted by atomic mass is 35.5. The van der Waals surface area contributed by atoms with Gasteiger partial charge in [0, 0.05) is 25.2 Å². The first kappa shape index (κ1) is 10.5. The van der Waals surface area contributed by atoms with Crippen LogP contribution >= 0.6 is 11.6 Å². The number of halogens is 1. The first-order valence-electron chi connectivity index (χ1n) is 3.94. The Kier molecular flexibility index (Phi) is 3.89. The highest BCUT2D eigenvalue weighted by Gasteiger charge is 2.05. The summed E-state index contributed by atoms with van der Waals surface area (Å²) in [5.74, 6) is 2.41. The Balaban J connectivity index is 2.57. The van der Waals surface area contributed by atoms with Crippen LogP contribution in [0.3, 0.4) is 0 Å². The molecule has 0 saturated carbocycles. The molecule has 1 N–H and O–H groups in total. The zero-order valence-electron chi connectivity index (χ0n) is 7.33. The first-order chi connectivity index (χ1) is 6.74. The van der Waals surface area contributed by atoms with E-state index in [1.807, 2.05) is 0 Å². The fourth-order valence-corrected chi connectivity index (χ4v) is 0.938. The van der Waals surface area contributed by atoms with Crippen LogP contribution in [0.2, 0.25) is 5.15 Å². The fraction of sp³-hybridized carbons (Fsp3) is 0.222. The predicted octanol–water partition coefficient (Wildman–Crippen LogP) is 1.48. The van der Waals surface area contributed by atoms with Gasteiger partial charge in [0.25, 0.3) is 0 Å². The van der Waals surface area contributed by atoms with Gasteiger partial charge < -0.3 is 5.32 Å². The summed E-state index contributed by atoms with van der Waals surface area (Å²) in [5.41, 5.74) is 0. The van der Waals surface area contributed by atoms with E-state index < -0.39 is 0 Å². The zero-order chi connectivity index (χ0) is 10.4. The minimum Gasteiger partial charge on any atom is -0.308 e. The van der Waals surface area contributed by atoms with Crippen molar-refractivity contribution < 1.29 is 4.79 Å². The SMILES string of the molecule is C#CCCC(=O)Nc1nccnc1Cl. The first-order valence-corrected chi connectivity index (χ1v) is 4.31. The molecule has 0 aromatic carbocycles. The predicted molar refractivity (Wildman–Crippen MR) is 53.7 cm³/mol. The second-order valence-electron chi connectivity index (χ2n) is 2.45.